The molecule has 3 nitrogen and oxygen atoms in total. The minimum Gasteiger partial charge on any atom is -0.368 e. The maximum absolute atomic E-state index is 4.58. The van der Waals surface area contributed by atoms with Crippen LogP contribution in [0, 0.1) is 0 Å². The van der Waals surface area contributed by atoms with Gasteiger partial charge in [0.25, 0.3) is 0 Å². The minimum atomic E-state index is 0.296. The number of aromatic nitrogens is 1. The second-order valence-electron chi connectivity index (χ2n) is 4.41. The summed E-state index contributed by atoms with van der Waals surface area (Å²) in [4.78, 5) is 9.03. The van der Waals surface area contributed by atoms with Crippen LogP contribution in [-0.4, -0.2) is 21.8 Å². The fraction of sp³-hybridized carbons (Fsp3) is 0.538. The molecular weight excluding hydrogens is 230 g/mol. The molecule has 1 aromatic rings. The van der Waals surface area contributed by atoms with Crippen LogP contribution in [0.2, 0.25) is 0 Å². The molecule has 0 radical (unpaired) electrons. The number of aliphatic imine (C=N–C) groups is 1. The third kappa shape index (κ3) is 3.22. The van der Waals surface area contributed by atoms with Gasteiger partial charge in [0.15, 0.2) is 0 Å². The molecule has 2 rings (SSSR count). The lowest BCUT2D eigenvalue weighted by atomic mass is 10.1. The summed E-state index contributed by atoms with van der Waals surface area (Å²) in [6.45, 7) is 6.40. The van der Waals surface area contributed by atoms with Gasteiger partial charge in [-0.25, -0.2) is 4.98 Å². The van der Waals surface area contributed by atoms with Gasteiger partial charge in [-0.3, -0.25) is 4.99 Å². The van der Waals surface area contributed by atoms with Gasteiger partial charge < -0.3 is 5.32 Å². The zero-order valence-electron chi connectivity index (χ0n) is 10.6. The van der Waals surface area contributed by atoms with Crippen molar-refractivity contribution in [2.75, 3.05) is 11.1 Å². The summed E-state index contributed by atoms with van der Waals surface area (Å²) in [5.41, 5.74) is 1.21. The summed E-state index contributed by atoms with van der Waals surface area (Å²) in [5.74, 6) is 2.00. The minimum absolute atomic E-state index is 0.296. The summed E-state index contributed by atoms with van der Waals surface area (Å²) >= 11 is 1.83. The van der Waals surface area contributed by atoms with Crippen molar-refractivity contribution in [3.05, 3.63) is 23.9 Å². The van der Waals surface area contributed by atoms with Crippen LogP contribution < -0.4 is 5.32 Å². The molecule has 0 aromatic carbocycles. The normalized spacial score (nSPS) is 21.1. The highest BCUT2D eigenvalue weighted by Gasteiger charge is 2.17. The zero-order chi connectivity index (χ0) is 12.3. The quantitative estimate of drug-likeness (QED) is 0.887. The predicted octanol–water partition coefficient (Wildman–Crippen LogP) is 3.50. The molecule has 0 spiro atoms. The molecule has 0 amide bonds. The molecule has 0 saturated heterocycles. The molecule has 0 aliphatic carbocycles. The van der Waals surface area contributed by atoms with E-state index in [4.69, 9.17) is 0 Å². The van der Waals surface area contributed by atoms with Gasteiger partial charge in [0.05, 0.1) is 11.1 Å². The Bertz CT molecular complexity index is 400. The van der Waals surface area contributed by atoms with Crippen molar-refractivity contribution in [3.8, 4) is 0 Å². The van der Waals surface area contributed by atoms with Crippen LogP contribution in [0.4, 0.5) is 5.82 Å². The van der Waals surface area contributed by atoms with Crippen molar-refractivity contribution in [2.45, 2.75) is 39.3 Å². The SMILES string of the molecule is CC[C@@H](C)Nc1ccc(C2CSC(C)=N2)cn1. The van der Waals surface area contributed by atoms with E-state index in [2.05, 4.69) is 48.2 Å². The number of thioether (sulfide) groups is 1. The molecule has 2 atom stereocenters. The monoisotopic (exact) mass is 249 g/mol. The van der Waals surface area contributed by atoms with E-state index in [1.807, 2.05) is 18.0 Å². The lowest BCUT2D eigenvalue weighted by Crippen LogP contribution is -2.14. The predicted molar refractivity (Wildman–Crippen MR) is 75.9 cm³/mol. The van der Waals surface area contributed by atoms with Gasteiger partial charge >= 0.3 is 0 Å². The molecular formula is C13H19N3S. The molecule has 4 heteroatoms. The van der Waals surface area contributed by atoms with E-state index in [1.165, 1.54) is 10.6 Å². The second kappa shape index (κ2) is 5.54. The number of hydrogen-bond donors (Lipinski definition) is 1. The van der Waals surface area contributed by atoms with Crippen molar-refractivity contribution >= 4 is 22.6 Å². The third-order valence-corrected chi connectivity index (χ3v) is 3.97. The lowest BCUT2D eigenvalue weighted by molar-refractivity contribution is 0.758. The van der Waals surface area contributed by atoms with E-state index in [9.17, 15) is 0 Å². The largest absolute Gasteiger partial charge is 0.368 e. The zero-order valence-corrected chi connectivity index (χ0v) is 11.4. The Labute approximate surface area is 107 Å². The first-order valence-corrected chi connectivity index (χ1v) is 7.07. The van der Waals surface area contributed by atoms with Gasteiger partial charge in [0.1, 0.15) is 5.82 Å². The third-order valence-electron chi connectivity index (χ3n) is 2.97. The number of pyridine rings is 1. The average molecular weight is 249 g/mol. The Morgan fingerprint density at radius 3 is 2.88 bits per heavy atom. The van der Waals surface area contributed by atoms with Gasteiger partial charge in [-0.15, -0.1) is 11.8 Å². The fourth-order valence-corrected chi connectivity index (χ4v) is 2.57. The van der Waals surface area contributed by atoms with Gasteiger partial charge in [-0.1, -0.05) is 13.0 Å². The molecule has 0 fully saturated rings. The topological polar surface area (TPSA) is 37.3 Å². The van der Waals surface area contributed by atoms with Crippen LogP contribution in [0.25, 0.3) is 0 Å². The van der Waals surface area contributed by atoms with Crippen molar-refractivity contribution in [1.82, 2.24) is 4.98 Å². The number of nitrogens with one attached hydrogen (secondary N) is 1. The van der Waals surface area contributed by atoms with Gasteiger partial charge in [0.2, 0.25) is 0 Å². The first-order chi connectivity index (χ1) is 8.19. The van der Waals surface area contributed by atoms with Gasteiger partial charge in [0, 0.05) is 18.0 Å². The number of nitrogens with zero attached hydrogens (tertiary/aromatic N) is 2. The molecule has 2 heterocycles. The van der Waals surface area contributed by atoms with Crippen molar-refractivity contribution in [1.29, 1.82) is 0 Å². The van der Waals surface area contributed by atoms with Gasteiger partial charge in [-0.2, -0.15) is 0 Å². The first kappa shape index (κ1) is 12.4. The Kier molecular flexibility index (Phi) is 4.05. The fourth-order valence-electron chi connectivity index (χ4n) is 1.71. The lowest BCUT2D eigenvalue weighted by Gasteiger charge is -2.13. The molecule has 1 aliphatic rings. The molecule has 92 valence electrons. The number of anilines is 1. The van der Waals surface area contributed by atoms with Crippen LogP contribution in [0.15, 0.2) is 23.3 Å². The summed E-state index contributed by atoms with van der Waals surface area (Å²) in [7, 11) is 0. The van der Waals surface area contributed by atoms with E-state index in [0.717, 1.165) is 18.0 Å². The molecule has 1 N–H and O–H groups in total. The van der Waals surface area contributed by atoms with Crippen LogP contribution in [0.5, 0.6) is 0 Å². The molecule has 0 saturated carbocycles. The Balaban J connectivity index is 2.03. The molecule has 1 aromatic heterocycles. The van der Waals surface area contributed by atoms with E-state index in [1.54, 1.807) is 0 Å². The maximum Gasteiger partial charge on any atom is 0.126 e. The number of rotatable bonds is 4. The van der Waals surface area contributed by atoms with Gasteiger partial charge in [-0.05, 0) is 31.9 Å². The first-order valence-electron chi connectivity index (χ1n) is 6.08. The Morgan fingerprint density at radius 2 is 2.35 bits per heavy atom. The van der Waals surface area contributed by atoms with Crippen LogP contribution in [-0.2, 0) is 0 Å². The van der Waals surface area contributed by atoms with Crippen LogP contribution in [0.1, 0.15) is 38.8 Å². The second-order valence-corrected chi connectivity index (χ2v) is 5.62. The maximum atomic E-state index is 4.58. The molecule has 1 aliphatic heterocycles. The van der Waals surface area contributed by atoms with Crippen molar-refractivity contribution in [3.63, 3.8) is 0 Å². The standard InChI is InChI=1S/C13H19N3S/c1-4-9(2)15-13-6-5-11(7-14-13)12-8-17-10(3)16-12/h5-7,9,12H,4,8H2,1-3H3,(H,14,15)/t9-,12?/m1/s1. The Morgan fingerprint density at radius 1 is 1.53 bits per heavy atom. The summed E-state index contributed by atoms with van der Waals surface area (Å²) in [5, 5.41) is 4.54. The highest BCUT2D eigenvalue weighted by atomic mass is 32.2. The van der Waals surface area contributed by atoms with E-state index >= 15 is 0 Å². The summed E-state index contributed by atoms with van der Waals surface area (Å²) in [6, 6.07) is 4.95. The highest BCUT2D eigenvalue weighted by Crippen LogP contribution is 2.30. The van der Waals surface area contributed by atoms with E-state index in [-0.39, 0.29) is 0 Å². The average Bonchev–Trinajstić information content (AvgIpc) is 2.77. The molecule has 0 bridgehead atoms. The highest BCUT2D eigenvalue weighted by molar-refractivity contribution is 8.14. The molecule has 1 unspecified atom stereocenters. The summed E-state index contributed by atoms with van der Waals surface area (Å²) < 4.78 is 0. The summed E-state index contributed by atoms with van der Waals surface area (Å²) in [6.07, 6.45) is 3.05. The molecule has 17 heavy (non-hydrogen) atoms. The number of hydrogen-bond acceptors (Lipinski definition) is 4. The van der Waals surface area contributed by atoms with Crippen LogP contribution >= 0.6 is 11.8 Å². The van der Waals surface area contributed by atoms with Crippen molar-refractivity contribution in [2.24, 2.45) is 4.99 Å². The van der Waals surface area contributed by atoms with Crippen LogP contribution in [0.3, 0.4) is 0 Å². The van der Waals surface area contributed by atoms with E-state index < -0.39 is 0 Å². The van der Waals surface area contributed by atoms with E-state index in [0.29, 0.717) is 12.1 Å². The smallest absolute Gasteiger partial charge is 0.126 e. The Hall–Kier alpha value is -1.03. The van der Waals surface area contributed by atoms with Crippen molar-refractivity contribution < 1.29 is 0 Å².